The van der Waals surface area contributed by atoms with Crippen molar-refractivity contribution in [2.24, 2.45) is 0 Å². The van der Waals surface area contributed by atoms with Gasteiger partial charge in [0.05, 0.1) is 5.69 Å². The molecule has 5 heteroatoms. The number of carbonyl (C=O) groups excluding carboxylic acids is 1. The van der Waals surface area contributed by atoms with Crippen molar-refractivity contribution in [3.63, 3.8) is 0 Å². The van der Waals surface area contributed by atoms with E-state index in [1.807, 2.05) is 11.8 Å². The molecule has 1 atom stereocenters. The summed E-state index contributed by atoms with van der Waals surface area (Å²) < 4.78 is 0. The molecule has 0 aliphatic carbocycles. The third kappa shape index (κ3) is 1.86. The number of aryl methyl sites for hydroxylation is 1. The molecule has 1 aromatic rings. The van der Waals surface area contributed by atoms with Gasteiger partial charge in [-0.1, -0.05) is 18.0 Å². The minimum Gasteiger partial charge on any atom is -0.364 e. The molecule has 1 amide bonds. The molecule has 102 valence electrons. The molecule has 0 aromatic heterocycles. The zero-order chi connectivity index (χ0) is 13.6. The van der Waals surface area contributed by atoms with Crippen molar-refractivity contribution in [3.05, 3.63) is 28.3 Å². The van der Waals surface area contributed by atoms with Gasteiger partial charge in [-0.25, -0.2) is 0 Å². The lowest BCUT2D eigenvalue weighted by Gasteiger charge is -2.37. The van der Waals surface area contributed by atoms with Gasteiger partial charge in [0.1, 0.15) is 0 Å². The lowest BCUT2D eigenvalue weighted by Crippen LogP contribution is -2.52. The van der Waals surface area contributed by atoms with Crippen molar-refractivity contribution < 1.29 is 9.90 Å². The summed E-state index contributed by atoms with van der Waals surface area (Å²) in [6.07, 6.45) is 3.16. The first-order valence-corrected chi connectivity index (χ1v) is 7.01. The van der Waals surface area contributed by atoms with Gasteiger partial charge < -0.3 is 10.4 Å². The fourth-order valence-electron chi connectivity index (χ4n) is 3.04. The Balaban J connectivity index is 2.10. The zero-order valence-corrected chi connectivity index (χ0v) is 11.6. The molecular formula is C14H17ClN2O2. The average Bonchev–Trinajstić information content (AvgIpc) is 2.66. The van der Waals surface area contributed by atoms with E-state index in [0.717, 1.165) is 37.9 Å². The number of hydrogen-bond acceptors (Lipinski definition) is 3. The second-order valence-corrected chi connectivity index (χ2v) is 5.76. The van der Waals surface area contributed by atoms with Gasteiger partial charge in [0.25, 0.3) is 5.91 Å². The summed E-state index contributed by atoms with van der Waals surface area (Å²) in [6, 6.07) is 3.49. The molecule has 1 saturated heterocycles. The Labute approximate surface area is 117 Å². The molecule has 0 spiro atoms. The Kier molecular flexibility index (Phi) is 3.04. The third-order valence-electron chi connectivity index (χ3n) is 4.04. The molecule has 2 N–H and O–H groups in total. The van der Waals surface area contributed by atoms with Gasteiger partial charge in [0, 0.05) is 23.7 Å². The normalized spacial score (nSPS) is 27.2. The second kappa shape index (κ2) is 4.47. The Morgan fingerprint density at radius 3 is 2.68 bits per heavy atom. The van der Waals surface area contributed by atoms with Gasteiger partial charge in [-0.3, -0.25) is 9.69 Å². The van der Waals surface area contributed by atoms with Gasteiger partial charge in [-0.05, 0) is 37.5 Å². The highest BCUT2D eigenvalue weighted by Gasteiger charge is 2.50. The summed E-state index contributed by atoms with van der Waals surface area (Å²) in [5, 5.41) is 14.3. The first kappa shape index (κ1) is 12.9. The number of rotatable bonds is 1. The van der Waals surface area contributed by atoms with Gasteiger partial charge in [-0.15, -0.1) is 0 Å². The molecule has 19 heavy (non-hydrogen) atoms. The van der Waals surface area contributed by atoms with Crippen LogP contribution in [0, 0.1) is 6.92 Å². The first-order chi connectivity index (χ1) is 9.03. The number of fused-ring (bicyclic) bond motifs is 1. The van der Waals surface area contributed by atoms with Crippen LogP contribution >= 0.6 is 11.6 Å². The quantitative estimate of drug-likeness (QED) is 0.829. The Morgan fingerprint density at radius 2 is 2.00 bits per heavy atom. The number of likely N-dealkylation sites (tertiary alicyclic amines) is 1. The summed E-state index contributed by atoms with van der Waals surface area (Å²) >= 11 is 6.07. The van der Waals surface area contributed by atoms with Crippen LogP contribution in [0.3, 0.4) is 0 Å². The van der Waals surface area contributed by atoms with Crippen molar-refractivity contribution in [3.8, 4) is 0 Å². The van der Waals surface area contributed by atoms with E-state index in [-0.39, 0.29) is 5.91 Å². The minimum absolute atomic E-state index is 0.366. The topological polar surface area (TPSA) is 52.6 Å². The maximum atomic E-state index is 12.3. The van der Waals surface area contributed by atoms with E-state index in [4.69, 9.17) is 11.6 Å². The molecule has 1 aromatic carbocycles. The Morgan fingerprint density at radius 1 is 1.32 bits per heavy atom. The number of amides is 1. The molecule has 0 bridgehead atoms. The van der Waals surface area contributed by atoms with Crippen LogP contribution in [0.25, 0.3) is 0 Å². The number of benzene rings is 1. The van der Waals surface area contributed by atoms with Gasteiger partial charge in [0.15, 0.2) is 0 Å². The fraction of sp³-hybridized carbons (Fsp3) is 0.500. The maximum absolute atomic E-state index is 12.3. The van der Waals surface area contributed by atoms with E-state index in [0.29, 0.717) is 16.3 Å². The predicted octanol–water partition coefficient (Wildman–Crippen LogP) is 2.23. The highest BCUT2D eigenvalue weighted by atomic mass is 35.5. The van der Waals surface area contributed by atoms with E-state index in [1.54, 1.807) is 12.1 Å². The molecule has 1 fully saturated rings. The highest BCUT2D eigenvalue weighted by Crippen LogP contribution is 2.42. The third-order valence-corrected chi connectivity index (χ3v) is 4.26. The van der Waals surface area contributed by atoms with Crippen LogP contribution in [0.4, 0.5) is 5.69 Å². The summed E-state index contributed by atoms with van der Waals surface area (Å²) in [6.45, 7) is 3.34. The predicted molar refractivity (Wildman–Crippen MR) is 74.1 cm³/mol. The number of piperidine rings is 1. The summed E-state index contributed by atoms with van der Waals surface area (Å²) in [4.78, 5) is 14.1. The summed E-state index contributed by atoms with van der Waals surface area (Å²) in [7, 11) is 0. The summed E-state index contributed by atoms with van der Waals surface area (Å²) in [5.41, 5.74) is 0.599. The maximum Gasteiger partial charge on any atom is 0.276 e. The minimum atomic E-state index is -1.56. The van der Waals surface area contributed by atoms with E-state index >= 15 is 0 Å². The van der Waals surface area contributed by atoms with Crippen LogP contribution < -0.4 is 5.32 Å². The van der Waals surface area contributed by atoms with E-state index in [9.17, 15) is 9.90 Å². The van der Waals surface area contributed by atoms with Gasteiger partial charge in [-0.2, -0.15) is 0 Å². The van der Waals surface area contributed by atoms with Gasteiger partial charge >= 0.3 is 0 Å². The smallest absolute Gasteiger partial charge is 0.276 e. The molecule has 2 aliphatic heterocycles. The monoisotopic (exact) mass is 280 g/mol. The number of carbonyl (C=O) groups is 1. The number of anilines is 1. The number of nitrogens with one attached hydrogen (secondary N) is 1. The Bertz CT molecular complexity index is 540. The van der Waals surface area contributed by atoms with Crippen molar-refractivity contribution in [2.75, 3.05) is 18.4 Å². The highest BCUT2D eigenvalue weighted by molar-refractivity contribution is 6.31. The standard InChI is InChI=1S/C14H17ClN2O2/c1-9-7-10(15)8-11-12(9)16-13(18)14(11,19)17-5-3-2-4-6-17/h7-8,19H,2-6H2,1H3,(H,16,18)/t14-/m1/s1. The summed E-state index contributed by atoms with van der Waals surface area (Å²) in [5.74, 6) is -0.366. The van der Waals surface area contributed by atoms with E-state index in [2.05, 4.69) is 5.32 Å². The number of aliphatic hydroxyl groups is 1. The molecule has 2 heterocycles. The lowest BCUT2D eigenvalue weighted by molar-refractivity contribution is -0.161. The van der Waals surface area contributed by atoms with Crippen LogP contribution in [0.1, 0.15) is 30.4 Å². The van der Waals surface area contributed by atoms with Crippen molar-refractivity contribution in [1.82, 2.24) is 4.90 Å². The molecule has 0 radical (unpaired) electrons. The van der Waals surface area contributed by atoms with Crippen molar-refractivity contribution in [2.45, 2.75) is 31.9 Å². The van der Waals surface area contributed by atoms with Crippen LogP contribution in [0.5, 0.6) is 0 Å². The van der Waals surface area contributed by atoms with Crippen LogP contribution in [0.15, 0.2) is 12.1 Å². The molecule has 3 rings (SSSR count). The molecular weight excluding hydrogens is 264 g/mol. The van der Waals surface area contributed by atoms with E-state index in [1.165, 1.54) is 0 Å². The number of nitrogens with zero attached hydrogens (tertiary/aromatic N) is 1. The van der Waals surface area contributed by atoms with Crippen molar-refractivity contribution in [1.29, 1.82) is 0 Å². The number of halogens is 1. The largest absolute Gasteiger partial charge is 0.364 e. The zero-order valence-electron chi connectivity index (χ0n) is 10.9. The van der Waals surface area contributed by atoms with E-state index < -0.39 is 5.72 Å². The molecule has 0 saturated carbocycles. The molecule has 4 nitrogen and oxygen atoms in total. The second-order valence-electron chi connectivity index (χ2n) is 5.32. The lowest BCUT2D eigenvalue weighted by atomic mass is 9.97. The SMILES string of the molecule is Cc1cc(Cl)cc2c1NC(=O)[C@@]2(O)N1CCCCC1. The molecule has 2 aliphatic rings. The van der Waals surface area contributed by atoms with Gasteiger partial charge in [0.2, 0.25) is 5.72 Å². The van der Waals surface area contributed by atoms with Crippen molar-refractivity contribution >= 4 is 23.2 Å². The number of hydrogen-bond donors (Lipinski definition) is 2. The first-order valence-electron chi connectivity index (χ1n) is 6.63. The molecule has 0 unspecified atom stereocenters. The average molecular weight is 281 g/mol. The van der Waals surface area contributed by atoms with Crippen LogP contribution in [-0.4, -0.2) is 29.0 Å². The van der Waals surface area contributed by atoms with Crippen LogP contribution in [0.2, 0.25) is 5.02 Å². The fourth-order valence-corrected chi connectivity index (χ4v) is 3.31. The van der Waals surface area contributed by atoms with Crippen LogP contribution in [-0.2, 0) is 10.5 Å². The Hall–Kier alpha value is -1.10.